The predicted molar refractivity (Wildman–Crippen MR) is 89.9 cm³/mol. The lowest BCUT2D eigenvalue weighted by Gasteiger charge is -2.09. The van der Waals surface area contributed by atoms with Crippen LogP contribution >= 0.6 is 0 Å². The van der Waals surface area contributed by atoms with Gasteiger partial charge in [0, 0.05) is 5.56 Å². The Morgan fingerprint density at radius 3 is 2.17 bits per heavy atom. The van der Waals surface area contributed by atoms with Gasteiger partial charge in [-0.3, -0.25) is 20.4 Å². The lowest BCUT2D eigenvalue weighted by Crippen LogP contribution is -2.42. The van der Waals surface area contributed by atoms with Crippen LogP contribution in [0.1, 0.15) is 22.3 Å². The van der Waals surface area contributed by atoms with Crippen molar-refractivity contribution in [2.24, 2.45) is 0 Å². The number of ether oxygens (including phenoxy) is 2. The highest BCUT2D eigenvalue weighted by Crippen LogP contribution is 2.16. The molecule has 2 N–H and O–H groups in total. The molecule has 0 heterocycles. The first kappa shape index (κ1) is 17.3. The summed E-state index contributed by atoms with van der Waals surface area (Å²) in [5, 5.41) is 0. The molecule has 2 aromatic carbocycles. The zero-order valence-corrected chi connectivity index (χ0v) is 13.7. The van der Waals surface area contributed by atoms with Gasteiger partial charge in [0.1, 0.15) is 11.5 Å². The van der Waals surface area contributed by atoms with E-state index in [2.05, 4.69) is 10.9 Å². The van der Waals surface area contributed by atoms with Crippen LogP contribution in [0.2, 0.25) is 0 Å². The van der Waals surface area contributed by atoms with Crippen molar-refractivity contribution in [3.63, 3.8) is 0 Å². The summed E-state index contributed by atoms with van der Waals surface area (Å²) >= 11 is 0. The first-order chi connectivity index (χ1) is 11.6. The van der Waals surface area contributed by atoms with E-state index in [0.717, 1.165) is 11.3 Å². The Kier molecular flexibility index (Phi) is 6.19. The minimum absolute atomic E-state index is 0.125. The molecule has 2 rings (SSSR count). The number of hydrazine groups is 1. The van der Waals surface area contributed by atoms with Crippen LogP contribution in [0, 0.1) is 6.92 Å². The number of benzene rings is 2. The van der Waals surface area contributed by atoms with Gasteiger partial charge in [-0.2, -0.15) is 0 Å². The zero-order valence-electron chi connectivity index (χ0n) is 13.7. The highest BCUT2D eigenvalue weighted by atomic mass is 16.5. The zero-order chi connectivity index (χ0) is 17.4. The SMILES string of the molecule is COc1ccc(OCCC(=O)NNC(=O)c2ccc(C)cc2)cc1. The van der Waals surface area contributed by atoms with Crippen molar-refractivity contribution in [1.29, 1.82) is 0 Å². The highest BCUT2D eigenvalue weighted by molar-refractivity contribution is 5.95. The van der Waals surface area contributed by atoms with E-state index in [1.807, 2.05) is 19.1 Å². The Morgan fingerprint density at radius 1 is 0.917 bits per heavy atom. The maximum Gasteiger partial charge on any atom is 0.269 e. The van der Waals surface area contributed by atoms with E-state index in [4.69, 9.17) is 9.47 Å². The second-order valence-electron chi connectivity index (χ2n) is 5.14. The monoisotopic (exact) mass is 328 g/mol. The van der Waals surface area contributed by atoms with Crippen LogP contribution in [0.5, 0.6) is 11.5 Å². The van der Waals surface area contributed by atoms with Crippen LogP contribution in [0.3, 0.4) is 0 Å². The summed E-state index contributed by atoms with van der Waals surface area (Å²) in [7, 11) is 1.59. The van der Waals surface area contributed by atoms with Crippen molar-refractivity contribution in [3.8, 4) is 11.5 Å². The second kappa shape index (κ2) is 8.57. The number of nitrogens with one attached hydrogen (secondary N) is 2. The topological polar surface area (TPSA) is 76.7 Å². The number of rotatable bonds is 6. The molecule has 0 aliphatic heterocycles. The first-order valence-electron chi connectivity index (χ1n) is 7.51. The number of amides is 2. The van der Waals surface area contributed by atoms with Gasteiger partial charge in [-0.1, -0.05) is 17.7 Å². The molecular weight excluding hydrogens is 308 g/mol. The van der Waals surface area contributed by atoms with Gasteiger partial charge in [-0.15, -0.1) is 0 Å². The molecule has 6 heteroatoms. The minimum atomic E-state index is -0.362. The molecule has 0 aliphatic rings. The van der Waals surface area contributed by atoms with E-state index in [9.17, 15) is 9.59 Å². The van der Waals surface area contributed by atoms with Gasteiger partial charge in [-0.25, -0.2) is 0 Å². The molecule has 24 heavy (non-hydrogen) atoms. The molecule has 0 saturated carbocycles. The third kappa shape index (κ3) is 5.31. The summed E-state index contributed by atoms with van der Waals surface area (Å²) in [6, 6.07) is 14.1. The molecular formula is C18H20N2O4. The number of aryl methyl sites for hydroxylation is 1. The average Bonchev–Trinajstić information content (AvgIpc) is 2.61. The Labute approximate surface area is 140 Å². The third-order valence-electron chi connectivity index (χ3n) is 3.29. The van der Waals surface area contributed by atoms with Gasteiger partial charge in [0.15, 0.2) is 0 Å². The molecule has 0 unspecified atom stereocenters. The summed E-state index contributed by atoms with van der Waals surface area (Å²) in [5.41, 5.74) is 6.28. The maximum atomic E-state index is 11.8. The van der Waals surface area contributed by atoms with Crippen molar-refractivity contribution >= 4 is 11.8 Å². The van der Waals surface area contributed by atoms with E-state index < -0.39 is 0 Å². The van der Waals surface area contributed by atoms with Gasteiger partial charge < -0.3 is 9.47 Å². The Hall–Kier alpha value is -3.02. The minimum Gasteiger partial charge on any atom is -0.497 e. The van der Waals surface area contributed by atoms with Crippen LogP contribution in [0.15, 0.2) is 48.5 Å². The molecule has 126 valence electrons. The Bertz CT molecular complexity index is 681. The number of carbonyl (C=O) groups excluding carboxylic acids is 2. The highest BCUT2D eigenvalue weighted by Gasteiger charge is 2.07. The maximum absolute atomic E-state index is 11.8. The largest absolute Gasteiger partial charge is 0.497 e. The third-order valence-corrected chi connectivity index (χ3v) is 3.29. The van der Waals surface area contributed by atoms with Gasteiger partial charge in [-0.05, 0) is 43.3 Å². The van der Waals surface area contributed by atoms with Gasteiger partial charge in [0.05, 0.1) is 20.1 Å². The van der Waals surface area contributed by atoms with Gasteiger partial charge in [0.2, 0.25) is 5.91 Å². The second-order valence-corrected chi connectivity index (χ2v) is 5.14. The van der Waals surface area contributed by atoms with Crippen molar-refractivity contribution in [2.45, 2.75) is 13.3 Å². The summed E-state index contributed by atoms with van der Waals surface area (Å²) < 4.78 is 10.5. The summed E-state index contributed by atoms with van der Waals surface area (Å²) in [6.07, 6.45) is 0.125. The lowest BCUT2D eigenvalue weighted by atomic mass is 10.1. The molecule has 2 aromatic rings. The lowest BCUT2D eigenvalue weighted by molar-refractivity contribution is -0.122. The smallest absolute Gasteiger partial charge is 0.269 e. The Balaban J connectivity index is 1.69. The van der Waals surface area contributed by atoms with Crippen molar-refractivity contribution < 1.29 is 19.1 Å². The summed E-state index contributed by atoms with van der Waals surface area (Å²) in [5.74, 6) is 0.689. The van der Waals surface area contributed by atoms with Crippen LogP contribution in [-0.4, -0.2) is 25.5 Å². The van der Waals surface area contributed by atoms with E-state index in [0.29, 0.717) is 11.3 Å². The van der Waals surface area contributed by atoms with Crippen molar-refractivity contribution in [1.82, 2.24) is 10.9 Å². The van der Waals surface area contributed by atoms with Crippen molar-refractivity contribution in [3.05, 3.63) is 59.7 Å². The molecule has 0 fully saturated rings. The van der Waals surface area contributed by atoms with Gasteiger partial charge in [0.25, 0.3) is 5.91 Å². The fraction of sp³-hybridized carbons (Fsp3) is 0.222. The standard InChI is InChI=1S/C18H20N2O4/c1-13-3-5-14(6-4-13)18(22)20-19-17(21)11-12-24-16-9-7-15(23-2)8-10-16/h3-10H,11-12H2,1-2H3,(H,19,21)(H,20,22). The quantitative estimate of drug-likeness (QED) is 0.797. The fourth-order valence-corrected chi connectivity index (χ4v) is 1.90. The van der Waals surface area contributed by atoms with E-state index in [-0.39, 0.29) is 24.8 Å². The number of hydrogen-bond acceptors (Lipinski definition) is 4. The molecule has 0 aromatic heterocycles. The molecule has 2 amide bonds. The average molecular weight is 328 g/mol. The predicted octanol–water partition coefficient (Wildman–Crippen LogP) is 2.23. The molecule has 6 nitrogen and oxygen atoms in total. The number of carbonyl (C=O) groups is 2. The van der Waals surface area contributed by atoms with E-state index in [1.54, 1.807) is 43.5 Å². The van der Waals surface area contributed by atoms with E-state index in [1.165, 1.54) is 0 Å². The number of hydrogen-bond donors (Lipinski definition) is 2. The molecule has 0 saturated heterocycles. The van der Waals surface area contributed by atoms with Crippen LogP contribution < -0.4 is 20.3 Å². The van der Waals surface area contributed by atoms with Crippen LogP contribution in [0.4, 0.5) is 0 Å². The molecule has 0 atom stereocenters. The molecule has 0 bridgehead atoms. The number of methoxy groups -OCH3 is 1. The molecule has 0 aliphatic carbocycles. The molecule has 0 radical (unpaired) electrons. The van der Waals surface area contributed by atoms with E-state index >= 15 is 0 Å². The summed E-state index contributed by atoms with van der Waals surface area (Å²) in [4.78, 5) is 23.5. The Morgan fingerprint density at radius 2 is 1.54 bits per heavy atom. The molecule has 0 spiro atoms. The summed E-state index contributed by atoms with van der Waals surface area (Å²) in [6.45, 7) is 2.14. The normalized spacial score (nSPS) is 9.92. The van der Waals surface area contributed by atoms with Crippen LogP contribution in [0.25, 0.3) is 0 Å². The van der Waals surface area contributed by atoms with Gasteiger partial charge >= 0.3 is 0 Å². The van der Waals surface area contributed by atoms with Crippen molar-refractivity contribution in [2.75, 3.05) is 13.7 Å². The van der Waals surface area contributed by atoms with Crippen LogP contribution in [-0.2, 0) is 4.79 Å². The fourth-order valence-electron chi connectivity index (χ4n) is 1.90. The first-order valence-corrected chi connectivity index (χ1v) is 7.51.